The third kappa shape index (κ3) is 4.42. The van der Waals surface area contributed by atoms with Crippen LogP contribution in [-0.4, -0.2) is 25.7 Å². The first-order valence-corrected chi connectivity index (χ1v) is 10.6. The number of hydrogen-bond donors (Lipinski definition) is 1. The molecule has 162 valence electrons. The van der Waals surface area contributed by atoms with Gasteiger partial charge in [0.25, 0.3) is 0 Å². The molecule has 0 fully saturated rings. The molecule has 3 aromatic carbocycles. The lowest BCUT2D eigenvalue weighted by molar-refractivity contribution is 0.0690. The number of hydrogen-bond acceptors (Lipinski definition) is 4. The first-order valence-electron chi connectivity index (χ1n) is 10.2. The Morgan fingerprint density at radius 1 is 0.909 bits per heavy atom. The summed E-state index contributed by atoms with van der Waals surface area (Å²) in [6.45, 7) is 0.483. The van der Waals surface area contributed by atoms with E-state index in [-0.39, 0.29) is 5.69 Å². The van der Waals surface area contributed by atoms with Crippen LogP contribution in [0.5, 0.6) is 5.75 Å². The molecule has 0 aliphatic rings. The lowest BCUT2D eigenvalue weighted by Crippen LogP contribution is -2.01. The molecule has 0 saturated carbocycles. The number of aromatic nitrogens is 3. The molecule has 0 radical (unpaired) electrons. The lowest BCUT2D eigenvalue weighted by atomic mass is 10.1. The molecule has 0 aliphatic carbocycles. The molecule has 33 heavy (non-hydrogen) atoms. The van der Waals surface area contributed by atoms with Gasteiger partial charge in [-0.25, -0.2) is 14.3 Å². The van der Waals surface area contributed by atoms with E-state index < -0.39 is 5.97 Å². The van der Waals surface area contributed by atoms with Gasteiger partial charge in [-0.1, -0.05) is 54.1 Å². The van der Waals surface area contributed by atoms with E-state index in [0.29, 0.717) is 28.7 Å². The van der Waals surface area contributed by atoms with E-state index in [1.54, 1.807) is 6.07 Å². The normalized spacial score (nSPS) is 10.9. The van der Waals surface area contributed by atoms with E-state index in [1.807, 2.05) is 78.9 Å². The zero-order valence-corrected chi connectivity index (χ0v) is 18.1. The number of rotatable bonds is 6. The van der Waals surface area contributed by atoms with Crippen LogP contribution in [0, 0.1) is 0 Å². The smallest absolute Gasteiger partial charge is 0.356 e. The van der Waals surface area contributed by atoms with Crippen molar-refractivity contribution in [1.29, 1.82) is 0 Å². The van der Waals surface area contributed by atoms with Crippen LogP contribution < -0.4 is 4.74 Å². The Kier molecular flexibility index (Phi) is 5.50. The van der Waals surface area contributed by atoms with Gasteiger partial charge in [0.1, 0.15) is 12.4 Å². The summed E-state index contributed by atoms with van der Waals surface area (Å²) >= 11 is 6.20. The minimum absolute atomic E-state index is 0.0763. The van der Waals surface area contributed by atoms with E-state index in [1.165, 1.54) is 10.6 Å². The van der Waals surface area contributed by atoms with Gasteiger partial charge in [0, 0.05) is 22.2 Å². The van der Waals surface area contributed by atoms with Gasteiger partial charge in [-0.3, -0.25) is 0 Å². The van der Waals surface area contributed by atoms with Crippen molar-refractivity contribution in [3.8, 4) is 28.3 Å². The molecule has 1 N–H and O–H groups in total. The van der Waals surface area contributed by atoms with Crippen molar-refractivity contribution in [3.63, 3.8) is 0 Å². The fourth-order valence-corrected chi connectivity index (χ4v) is 3.73. The molecule has 0 bridgehead atoms. The topological polar surface area (TPSA) is 76.7 Å². The number of fused-ring (bicyclic) bond motifs is 1. The first-order chi connectivity index (χ1) is 16.1. The molecular weight excluding hydrogens is 438 g/mol. The molecule has 0 atom stereocenters. The van der Waals surface area contributed by atoms with Crippen LogP contribution in [0.15, 0.2) is 91.0 Å². The summed E-state index contributed by atoms with van der Waals surface area (Å²) in [7, 11) is 0. The van der Waals surface area contributed by atoms with Gasteiger partial charge in [-0.15, -0.1) is 0 Å². The average Bonchev–Trinajstić information content (AvgIpc) is 3.28. The van der Waals surface area contributed by atoms with Crippen molar-refractivity contribution < 1.29 is 14.6 Å². The van der Waals surface area contributed by atoms with E-state index in [0.717, 1.165) is 22.4 Å². The molecule has 6 nitrogen and oxygen atoms in total. The number of carboxylic acid groups (broad SMARTS) is 1. The number of aromatic carboxylic acids is 1. The van der Waals surface area contributed by atoms with Crippen LogP contribution in [0.25, 0.3) is 28.2 Å². The second kappa shape index (κ2) is 8.76. The van der Waals surface area contributed by atoms with Gasteiger partial charge in [0.15, 0.2) is 11.3 Å². The van der Waals surface area contributed by atoms with E-state index in [4.69, 9.17) is 16.3 Å². The summed E-state index contributed by atoms with van der Waals surface area (Å²) < 4.78 is 7.40. The van der Waals surface area contributed by atoms with Crippen LogP contribution in [-0.2, 0) is 6.61 Å². The van der Waals surface area contributed by atoms with Crippen molar-refractivity contribution in [1.82, 2.24) is 14.6 Å². The third-order valence-electron chi connectivity index (χ3n) is 5.17. The van der Waals surface area contributed by atoms with Gasteiger partial charge < -0.3 is 9.84 Å². The van der Waals surface area contributed by atoms with Gasteiger partial charge in [0.2, 0.25) is 0 Å². The second-order valence-corrected chi connectivity index (χ2v) is 7.88. The quantitative estimate of drug-likeness (QED) is 0.340. The second-order valence-electron chi connectivity index (χ2n) is 7.44. The Labute approximate surface area is 194 Å². The Morgan fingerprint density at radius 2 is 1.70 bits per heavy atom. The number of carbonyl (C=O) groups is 1. The Balaban J connectivity index is 1.51. The van der Waals surface area contributed by atoms with Crippen molar-refractivity contribution >= 4 is 23.2 Å². The van der Waals surface area contributed by atoms with Gasteiger partial charge in [0.05, 0.1) is 11.4 Å². The molecular formula is C26H18ClN3O3. The predicted molar refractivity (Wildman–Crippen MR) is 127 cm³/mol. The van der Waals surface area contributed by atoms with Crippen LogP contribution in [0.3, 0.4) is 0 Å². The number of benzene rings is 3. The van der Waals surface area contributed by atoms with Crippen LogP contribution >= 0.6 is 11.6 Å². The maximum absolute atomic E-state index is 11.5. The molecule has 0 saturated heterocycles. The highest BCUT2D eigenvalue weighted by molar-refractivity contribution is 6.30. The number of nitrogens with zero attached hydrogens (tertiary/aromatic N) is 3. The zero-order chi connectivity index (χ0) is 22.8. The summed E-state index contributed by atoms with van der Waals surface area (Å²) in [5.41, 5.74) is 4.50. The molecule has 5 rings (SSSR count). The number of carboxylic acids is 1. The lowest BCUT2D eigenvalue weighted by Gasteiger charge is -2.10. The molecule has 7 heteroatoms. The first kappa shape index (κ1) is 20.7. The zero-order valence-electron chi connectivity index (χ0n) is 17.4. The van der Waals surface area contributed by atoms with Crippen molar-refractivity contribution in [2.75, 3.05) is 0 Å². The van der Waals surface area contributed by atoms with Crippen molar-refractivity contribution in [2.24, 2.45) is 0 Å². The molecule has 5 aromatic rings. The van der Waals surface area contributed by atoms with Crippen LogP contribution in [0.1, 0.15) is 16.1 Å². The largest absolute Gasteiger partial charge is 0.489 e. The maximum Gasteiger partial charge on any atom is 0.356 e. The SMILES string of the molecule is O=C(O)c1cc2nc(-c3ccc(OCc4ccccc4)cc3)cc(-c3cccc(Cl)c3)n2n1. The minimum atomic E-state index is -1.11. The fraction of sp³-hybridized carbons (Fsp3) is 0.0385. The summed E-state index contributed by atoms with van der Waals surface area (Å²) in [4.78, 5) is 16.1. The molecule has 0 aliphatic heterocycles. The molecule has 0 amide bonds. The minimum Gasteiger partial charge on any atom is -0.489 e. The molecule has 0 spiro atoms. The molecule has 2 heterocycles. The monoisotopic (exact) mass is 455 g/mol. The Bertz CT molecular complexity index is 1450. The summed E-state index contributed by atoms with van der Waals surface area (Å²) in [5, 5.41) is 14.2. The van der Waals surface area contributed by atoms with Crippen LogP contribution in [0.4, 0.5) is 0 Å². The van der Waals surface area contributed by atoms with Gasteiger partial charge in [-0.05, 0) is 48.0 Å². The van der Waals surface area contributed by atoms with Crippen molar-refractivity contribution in [3.05, 3.63) is 107 Å². The van der Waals surface area contributed by atoms with E-state index in [2.05, 4.69) is 10.1 Å². The maximum atomic E-state index is 11.5. The highest BCUT2D eigenvalue weighted by Crippen LogP contribution is 2.29. The summed E-state index contributed by atoms with van der Waals surface area (Å²) in [5.74, 6) is -0.365. The third-order valence-corrected chi connectivity index (χ3v) is 5.40. The number of halogens is 1. The summed E-state index contributed by atoms with van der Waals surface area (Å²) in [6.07, 6.45) is 0. The number of ether oxygens (including phenoxy) is 1. The predicted octanol–water partition coefficient (Wildman–Crippen LogP) is 5.99. The van der Waals surface area contributed by atoms with Gasteiger partial charge >= 0.3 is 5.97 Å². The van der Waals surface area contributed by atoms with Gasteiger partial charge in [-0.2, -0.15) is 5.10 Å². The average molecular weight is 456 g/mol. The Morgan fingerprint density at radius 3 is 2.42 bits per heavy atom. The fourth-order valence-electron chi connectivity index (χ4n) is 3.54. The highest BCUT2D eigenvalue weighted by Gasteiger charge is 2.16. The van der Waals surface area contributed by atoms with E-state index in [9.17, 15) is 9.90 Å². The molecule has 2 aromatic heterocycles. The molecule has 0 unspecified atom stereocenters. The Hall–Kier alpha value is -4.16. The van der Waals surface area contributed by atoms with Crippen molar-refractivity contribution in [2.45, 2.75) is 6.61 Å². The summed E-state index contributed by atoms with van der Waals surface area (Å²) in [6, 6.07) is 28.2. The highest BCUT2D eigenvalue weighted by atomic mass is 35.5. The van der Waals surface area contributed by atoms with Crippen LogP contribution in [0.2, 0.25) is 5.02 Å². The van der Waals surface area contributed by atoms with E-state index >= 15 is 0 Å². The standard InChI is InChI=1S/C26H18ClN3O3/c27-20-8-4-7-19(13-20)24-14-22(28-25-15-23(26(31)32)29-30(24)25)18-9-11-21(12-10-18)33-16-17-5-2-1-3-6-17/h1-15H,16H2,(H,31,32).